The van der Waals surface area contributed by atoms with Gasteiger partial charge in [-0.2, -0.15) is 13.2 Å². The van der Waals surface area contributed by atoms with Crippen LogP contribution in [0.3, 0.4) is 0 Å². The van der Waals surface area contributed by atoms with E-state index in [-0.39, 0.29) is 11.4 Å². The number of nitrogens with zero attached hydrogens (tertiary/aromatic N) is 1. The standard InChI is InChI=1S/C22H22F4N2O5/c1-14(33-20(29)13-32-19-5-3-2-4-16(19)23)21(30)27-17-12-15(22(24,25)26)6-7-18(17)28-8-10-31-11-9-28/h2-7,12,14H,8-11,13H2,1H3,(H,27,30). The van der Waals surface area contributed by atoms with Crippen molar-refractivity contribution in [3.63, 3.8) is 0 Å². The van der Waals surface area contributed by atoms with Crippen molar-refractivity contribution in [3.8, 4) is 5.75 Å². The predicted molar refractivity (Wildman–Crippen MR) is 111 cm³/mol. The molecule has 33 heavy (non-hydrogen) atoms. The molecule has 0 radical (unpaired) electrons. The summed E-state index contributed by atoms with van der Waals surface area (Å²) in [5.74, 6) is -2.61. The number of esters is 1. The highest BCUT2D eigenvalue weighted by atomic mass is 19.4. The normalized spacial score (nSPS) is 15.0. The van der Waals surface area contributed by atoms with Crippen LogP contribution in [0.5, 0.6) is 5.75 Å². The molecule has 1 unspecified atom stereocenters. The second kappa shape index (κ2) is 10.5. The van der Waals surface area contributed by atoms with Gasteiger partial charge in [0.15, 0.2) is 24.3 Å². The van der Waals surface area contributed by atoms with Gasteiger partial charge in [0.05, 0.1) is 30.2 Å². The highest BCUT2D eigenvalue weighted by Crippen LogP contribution is 2.36. The molecular weight excluding hydrogens is 448 g/mol. The third-order valence-corrected chi connectivity index (χ3v) is 4.79. The van der Waals surface area contributed by atoms with Gasteiger partial charge < -0.3 is 24.4 Å². The highest BCUT2D eigenvalue weighted by molar-refractivity contribution is 5.98. The molecule has 11 heteroatoms. The molecule has 0 saturated carbocycles. The monoisotopic (exact) mass is 470 g/mol. The summed E-state index contributed by atoms with van der Waals surface area (Å²) in [4.78, 5) is 26.3. The highest BCUT2D eigenvalue weighted by Gasteiger charge is 2.32. The summed E-state index contributed by atoms with van der Waals surface area (Å²) in [5.41, 5.74) is -0.610. The van der Waals surface area contributed by atoms with E-state index in [4.69, 9.17) is 14.2 Å². The van der Waals surface area contributed by atoms with Gasteiger partial charge in [-0.15, -0.1) is 0 Å². The number of amides is 1. The molecule has 0 spiro atoms. The van der Waals surface area contributed by atoms with Crippen molar-refractivity contribution in [2.75, 3.05) is 43.1 Å². The van der Waals surface area contributed by atoms with Crippen molar-refractivity contribution in [2.24, 2.45) is 0 Å². The summed E-state index contributed by atoms with van der Waals surface area (Å²) in [6.45, 7) is 2.27. The first-order valence-corrected chi connectivity index (χ1v) is 10.1. The SMILES string of the molecule is CC(OC(=O)COc1ccccc1F)C(=O)Nc1cc(C(F)(F)F)ccc1N1CCOCC1. The molecule has 0 aromatic heterocycles. The van der Waals surface area contributed by atoms with E-state index in [9.17, 15) is 27.2 Å². The van der Waals surface area contributed by atoms with Crippen LogP contribution in [0.25, 0.3) is 0 Å². The number of ether oxygens (including phenoxy) is 3. The molecule has 1 saturated heterocycles. The van der Waals surface area contributed by atoms with Crippen LogP contribution in [0.4, 0.5) is 28.9 Å². The number of carbonyl (C=O) groups is 2. The topological polar surface area (TPSA) is 77.1 Å². The largest absolute Gasteiger partial charge is 0.479 e. The Morgan fingerprint density at radius 1 is 1.15 bits per heavy atom. The first-order chi connectivity index (χ1) is 15.6. The summed E-state index contributed by atoms with van der Waals surface area (Å²) in [5, 5.41) is 2.41. The van der Waals surface area contributed by atoms with Crippen molar-refractivity contribution < 1.29 is 41.4 Å². The Morgan fingerprint density at radius 2 is 1.85 bits per heavy atom. The maximum absolute atomic E-state index is 13.5. The second-order valence-electron chi connectivity index (χ2n) is 7.17. The minimum absolute atomic E-state index is 0.0674. The van der Waals surface area contributed by atoms with Crippen LogP contribution in [0.1, 0.15) is 12.5 Å². The van der Waals surface area contributed by atoms with Crippen molar-refractivity contribution in [3.05, 3.63) is 53.8 Å². The smallest absolute Gasteiger partial charge is 0.416 e. The van der Waals surface area contributed by atoms with Crippen LogP contribution in [0, 0.1) is 5.82 Å². The van der Waals surface area contributed by atoms with Crippen LogP contribution >= 0.6 is 0 Å². The molecule has 2 aromatic rings. The predicted octanol–water partition coefficient (Wildman–Crippen LogP) is 3.63. The van der Waals surface area contributed by atoms with Crippen molar-refractivity contribution in [2.45, 2.75) is 19.2 Å². The number of morpholine rings is 1. The van der Waals surface area contributed by atoms with E-state index >= 15 is 0 Å². The third-order valence-electron chi connectivity index (χ3n) is 4.79. The van der Waals surface area contributed by atoms with Crippen LogP contribution in [0.15, 0.2) is 42.5 Å². The minimum Gasteiger partial charge on any atom is -0.479 e. The lowest BCUT2D eigenvalue weighted by molar-refractivity contribution is -0.155. The fraction of sp³-hybridized carbons (Fsp3) is 0.364. The first-order valence-electron chi connectivity index (χ1n) is 10.1. The molecule has 1 heterocycles. The van der Waals surface area contributed by atoms with Crippen LogP contribution in [-0.4, -0.2) is 50.9 Å². The van der Waals surface area contributed by atoms with E-state index < -0.39 is 42.1 Å². The lowest BCUT2D eigenvalue weighted by Gasteiger charge is -2.31. The molecule has 178 valence electrons. The second-order valence-corrected chi connectivity index (χ2v) is 7.17. The van der Waals surface area contributed by atoms with Crippen molar-refractivity contribution in [1.82, 2.24) is 0 Å². The lowest BCUT2D eigenvalue weighted by Crippen LogP contribution is -2.37. The van der Waals surface area contributed by atoms with Gasteiger partial charge in [-0.25, -0.2) is 9.18 Å². The van der Waals surface area contributed by atoms with Gasteiger partial charge in [-0.3, -0.25) is 4.79 Å². The average molecular weight is 470 g/mol. The molecule has 1 fully saturated rings. The average Bonchev–Trinajstić information content (AvgIpc) is 2.78. The van der Waals surface area contributed by atoms with Crippen molar-refractivity contribution >= 4 is 23.3 Å². The van der Waals surface area contributed by atoms with Gasteiger partial charge in [-0.05, 0) is 37.3 Å². The molecule has 7 nitrogen and oxygen atoms in total. The summed E-state index contributed by atoms with van der Waals surface area (Å²) in [6, 6.07) is 8.48. The van der Waals surface area contributed by atoms with Gasteiger partial charge >= 0.3 is 12.1 Å². The molecule has 1 amide bonds. The first kappa shape index (κ1) is 24.3. The number of anilines is 2. The Labute approximate surface area is 187 Å². The molecular formula is C22H22F4N2O5. The Kier molecular flexibility index (Phi) is 7.75. The van der Waals surface area contributed by atoms with Gasteiger partial charge in [0.25, 0.3) is 5.91 Å². The number of halogens is 4. The van der Waals surface area contributed by atoms with Gasteiger partial charge in [0, 0.05) is 13.1 Å². The zero-order chi connectivity index (χ0) is 24.0. The van der Waals surface area contributed by atoms with E-state index in [0.717, 1.165) is 18.2 Å². The minimum atomic E-state index is -4.61. The Morgan fingerprint density at radius 3 is 2.52 bits per heavy atom. The number of alkyl halides is 3. The molecule has 3 rings (SSSR count). The summed E-state index contributed by atoms with van der Waals surface area (Å²) < 4.78 is 68.4. The van der Waals surface area contributed by atoms with Gasteiger partial charge in [0.2, 0.25) is 0 Å². The maximum Gasteiger partial charge on any atom is 0.416 e. The molecule has 0 aliphatic carbocycles. The Balaban J connectivity index is 1.67. The summed E-state index contributed by atoms with van der Waals surface area (Å²) >= 11 is 0. The molecule has 0 bridgehead atoms. The molecule has 1 atom stereocenters. The molecule has 1 N–H and O–H groups in total. The number of rotatable bonds is 7. The number of benzene rings is 2. The summed E-state index contributed by atoms with van der Waals surface area (Å²) in [6.07, 6.45) is -5.95. The fourth-order valence-corrected chi connectivity index (χ4v) is 3.11. The van der Waals surface area contributed by atoms with E-state index in [1.165, 1.54) is 31.2 Å². The fourth-order valence-electron chi connectivity index (χ4n) is 3.11. The number of para-hydroxylation sites is 1. The van der Waals surface area contributed by atoms with Crippen LogP contribution < -0.4 is 15.0 Å². The van der Waals surface area contributed by atoms with Crippen LogP contribution in [0.2, 0.25) is 0 Å². The van der Waals surface area contributed by atoms with E-state index in [0.29, 0.717) is 32.0 Å². The Hall–Kier alpha value is -3.34. The zero-order valence-electron chi connectivity index (χ0n) is 17.7. The number of hydrogen-bond donors (Lipinski definition) is 1. The Bertz CT molecular complexity index is 993. The van der Waals surface area contributed by atoms with E-state index in [1.807, 2.05) is 0 Å². The zero-order valence-corrected chi connectivity index (χ0v) is 17.7. The number of nitrogens with one attached hydrogen (secondary N) is 1. The van der Waals surface area contributed by atoms with Crippen molar-refractivity contribution in [1.29, 1.82) is 0 Å². The summed E-state index contributed by atoms with van der Waals surface area (Å²) in [7, 11) is 0. The van der Waals surface area contributed by atoms with E-state index in [1.54, 1.807) is 4.90 Å². The van der Waals surface area contributed by atoms with Gasteiger partial charge in [0.1, 0.15) is 0 Å². The molecule has 1 aliphatic heterocycles. The van der Waals surface area contributed by atoms with Crippen LogP contribution in [-0.2, 0) is 25.2 Å². The lowest BCUT2D eigenvalue weighted by atomic mass is 10.1. The third kappa shape index (κ3) is 6.58. The molecule has 1 aliphatic rings. The van der Waals surface area contributed by atoms with Gasteiger partial charge in [-0.1, -0.05) is 12.1 Å². The van der Waals surface area contributed by atoms with E-state index in [2.05, 4.69) is 5.32 Å². The maximum atomic E-state index is 13.5. The molecule has 2 aromatic carbocycles. The number of carbonyl (C=O) groups excluding carboxylic acids is 2. The quantitative estimate of drug-likeness (QED) is 0.492. The number of hydrogen-bond acceptors (Lipinski definition) is 6.